The zero-order valence-electron chi connectivity index (χ0n) is 28.8. The molecule has 13 heteroatoms. The number of rotatable bonds is 13. The first-order valence-electron chi connectivity index (χ1n) is 17.5. The van der Waals surface area contributed by atoms with Crippen molar-refractivity contribution < 1.29 is 38.8 Å². The second-order valence-electron chi connectivity index (χ2n) is 13.8. The number of amides is 1. The lowest BCUT2D eigenvalue weighted by Gasteiger charge is -2.44. The van der Waals surface area contributed by atoms with Gasteiger partial charge in [-0.15, -0.1) is 0 Å². The number of hydrogen-bond acceptors (Lipinski definition) is 8. The molecule has 4 fully saturated rings. The predicted octanol–water partition coefficient (Wildman–Crippen LogP) is 7.02. The van der Waals surface area contributed by atoms with Crippen LogP contribution in [0.15, 0.2) is 73.3 Å². The van der Waals surface area contributed by atoms with Crippen molar-refractivity contribution in [1.82, 2.24) is 9.88 Å². The molecule has 0 radical (unpaired) electrons. The van der Waals surface area contributed by atoms with Crippen LogP contribution in [0.1, 0.15) is 64.2 Å². The minimum atomic E-state index is -1.12. The highest BCUT2D eigenvalue weighted by atomic mass is 35.5. The average molecular weight is 749 g/mol. The number of ether oxygens (including phenoxy) is 3. The fourth-order valence-electron chi connectivity index (χ4n) is 7.25. The Morgan fingerprint density at radius 1 is 1.04 bits per heavy atom. The van der Waals surface area contributed by atoms with Crippen LogP contribution in [0.4, 0.5) is 10.5 Å². The van der Waals surface area contributed by atoms with Gasteiger partial charge < -0.3 is 19.3 Å². The second kappa shape index (κ2) is 15.6. The Balaban J connectivity index is 1.28. The van der Waals surface area contributed by atoms with Gasteiger partial charge in [-0.1, -0.05) is 41.4 Å². The molecule has 3 aliphatic heterocycles. The van der Waals surface area contributed by atoms with Gasteiger partial charge in [-0.3, -0.25) is 20.0 Å². The van der Waals surface area contributed by atoms with E-state index < -0.39 is 18.0 Å². The highest BCUT2D eigenvalue weighted by Gasteiger charge is 2.38. The Labute approximate surface area is 312 Å². The fourth-order valence-corrected chi connectivity index (χ4v) is 7.86. The molecule has 8 rings (SSSR count). The molecule has 1 amide bonds. The van der Waals surface area contributed by atoms with E-state index in [-0.39, 0.29) is 34.7 Å². The van der Waals surface area contributed by atoms with Crippen LogP contribution in [0.2, 0.25) is 10.0 Å². The summed E-state index contributed by atoms with van der Waals surface area (Å²) in [5, 5.41) is 21.0. The zero-order chi connectivity index (χ0) is 36.4. The highest BCUT2D eigenvalue weighted by molar-refractivity contribution is 6.35. The summed E-state index contributed by atoms with van der Waals surface area (Å²) in [5.74, 6) is 0.200. The minimum Gasteiger partial charge on any atom is -0.493 e. The number of halogens is 2. The molecule has 2 atom stereocenters. The van der Waals surface area contributed by atoms with E-state index >= 15 is 0 Å². The van der Waals surface area contributed by atoms with Crippen molar-refractivity contribution in [3.05, 3.63) is 111 Å². The van der Waals surface area contributed by atoms with Crippen molar-refractivity contribution in [3.8, 4) is 11.5 Å². The van der Waals surface area contributed by atoms with E-state index in [9.17, 15) is 19.9 Å². The van der Waals surface area contributed by atoms with Crippen LogP contribution < -0.4 is 19.1 Å². The highest BCUT2D eigenvalue weighted by Crippen LogP contribution is 2.40. The third kappa shape index (κ3) is 8.06. The SMILES string of the molecule is COc1ccc(C(Cc2c(Cl)c[n+](O)cc2Cl)c2cc(CN(C(=O)O[C@H]3CN4CCC3CC4)c3cccnc3)ccc2C(=O)O)cc1OCC1CC1. The van der Waals surface area contributed by atoms with Crippen LogP contribution >= 0.6 is 23.2 Å². The van der Waals surface area contributed by atoms with E-state index in [1.54, 1.807) is 54.7 Å². The number of carboxylic acids is 1. The number of carboxylic acid groups (broad SMARTS) is 1. The molecule has 4 aliphatic rings. The Morgan fingerprint density at radius 3 is 2.44 bits per heavy atom. The van der Waals surface area contributed by atoms with E-state index in [2.05, 4.69) is 9.88 Å². The molecule has 5 heterocycles. The van der Waals surface area contributed by atoms with Crippen LogP contribution in [0, 0.1) is 11.8 Å². The maximum atomic E-state index is 13.9. The standard InChI is InChI=1S/C39H40Cl2N4O7/c1-50-35-9-7-27(16-36(35)51-23-24-4-5-24)30(17-32-33(40)20-44(49)21-34(32)41)31-15-25(6-8-29(31)38(46)47)19-45(28-3-2-12-42-18-28)39(48)52-37-22-43-13-10-26(37)11-14-43/h2-3,6-9,12,15-16,18,20-21,24,26,30,37H,4-5,10-11,13-14,17,19,22-23H2,1H3,(H-,46,47,49)/p+1/t30?,37-/m0/s1. The van der Waals surface area contributed by atoms with Crippen LogP contribution in [0.3, 0.4) is 0 Å². The number of fused-ring (bicyclic) bond motifs is 3. The van der Waals surface area contributed by atoms with Gasteiger partial charge in [-0.2, -0.15) is 0 Å². The lowest BCUT2D eigenvalue weighted by Crippen LogP contribution is -2.53. The number of piperidine rings is 3. The van der Waals surface area contributed by atoms with Gasteiger partial charge in [0.25, 0.3) is 0 Å². The number of methoxy groups -OCH3 is 1. The normalized spacial score (nSPS) is 19.9. The second-order valence-corrected chi connectivity index (χ2v) is 14.6. The molecule has 4 aromatic rings. The topological polar surface area (TPSA) is 126 Å². The van der Waals surface area contributed by atoms with Crippen LogP contribution in [-0.4, -0.2) is 71.7 Å². The summed E-state index contributed by atoms with van der Waals surface area (Å²) in [5.41, 5.74) is 3.06. The first-order valence-corrected chi connectivity index (χ1v) is 18.3. The van der Waals surface area contributed by atoms with E-state index in [4.69, 9.17) is 37.4 Å². The van der Waals surface area contributed by atoms with Crippen LogP contribution in [0.5, 0.6) is 11.5 Å². The van der Waals surface area contributed by atoms with Gasteiger partial charge in [-0.25, -0.2) is 9.59 Å². The summed E-state index contributed by atoms with van der Waals surface area (Å²) in [4.78, 5) is 34.9. The number of aromatic nitrogens is 2. The van der Waals surface area contributed by atoms with Crippen molar-refractivity contribution in [2.75, 3.05) is 38.3 Å². The molecule has 1 saturated carbocycles. The van der Waals surface area contributed by atoms with Gasteiger partial charge in [0.05, 0.1) is 37.7 Å². The molecule has 11 nitrogen and oxygen atoms in total. The maximum absolute atomic E-state index is 13.9. The number of benzene rings is 2. The monoisotopic (exact) mass is 747 g/mol. The van der Waals surface area contributed by atoms with E-state index in [1.807, 2.05) is 18.2 Å². The van der Waals surface area contributed by atoms with Gasteiger partial charge in [-0.05, 0) is 104 Å². The van der Waals surface area contributed by atoms with Crippen molar-refractivity contribution in [2.45, 2.75) is 50.7 Å². The lowest BCUT2D eigenvalue weighted by atomic mass is 9.82. The molecule has 2 N–H and O–H groups in total. The summed E-state index contributed by atoms with van der Waals surface area (Å²) < 4.78 is 18.8. The van der Waals surface area contributed by atoms with Crippen molar-refractivity contribution in [3.63, 3.8) is 0 Å². The van der Waals surface area contributed by atoms with Gasteiger partial charge >= 0.3 is 12.1 Å². The fraction of sp³-hybridized carbons (Fsp3) is 0.385. The Bertz CT molecular complexity index is 1910. The quantitative estimate of drug-likeness (QED) is 0.110. The van der Waals surface area contributed by atoms with Gasteiger partial charge in [0.15, 0.2) is 11.5 Å². The molecular weight excluding hydrogens is 707 g/mol. The Hall–Kier alpha value is -4.58. The summed E-state index contributed by atoms with van der Waals surface area (Å²) >= 11 is 13.3. The first-order chi connectivity index (χ1) is 25.2. The van der Waals surface area contributed by atoms with E-state index in [0.717, 1.165) is 49.1 Å². The number of carbonyl (C=O) groups is 2. The number of aromatic carboxylic acids is 1. The molecule has 2 aromatic carbocycles. The van der Waals surface area contributed by atoms with E-state index in [1.165, 1.54) is 12.4 Å². The first kappa shape index (κ1) is 35.8. The number of anilines is 1. The number of pyridine rings is 2. The predicted molar refractivity (Wildman–Crippen MR) is 194 cm³/mol. The minimum absolute atomic E-state index is 0.0770. The lowest BCUT2D eigenvalue weighted by molar-refractivity contribution is -0.904. The number of hydrogen-bond donors (Lipinski definition) is 2. The molecule has 2 aromatic heterocycles. The Kier molecular flexibility index (Phi) is 10.7. The van der Waals surface area contributed by atoms with Crippen molar-refractivity contribution in [2.24, 2.45) is 11.8 Å². The molecule has 2 bridgehead atoms. The summed E-state index contributed by atoms with van der Waals surface area (Å²) in [6.45, 7) is 3.40. The zero-order valence-corrected chi connectivity index (χ0v) is 30.3. The molecule has 3 saturated heterocycles. The molecule has 1 unspecified atom stereocenters. The van der Waals surface area contributed by atoms with E-state index in [0.29, 0.717) is 58.9 Å². The summed E-state index contributed by atoms with van der Waals surface area (Å²) in [6.07, 6.45) is 9.63. The molecular formula is C39H41Cl2N4O7+. The average Bonchev–Trinajstić information content (AvgIpc) is 3.98. The van der Waals surface area contributed by atoms with Crippen molar-refractivity contribution in [1.29, 1.82) is 0 Å². The van der Waals surface area contributed by atoms with Crippen LogP contribution in [-0.2, 0) is 17.7 Å². The molecule has 272 valence electrons. The molecule has 1 aliphatic carbocycles. The molecule has 52 heavy (non-hydrogen) atoms. The number of carbonyl (C=O) groups excluding carboxylic acids is 1. The van der Waals surface area contributed by atoms with Gasteiger partial charge in [0.1, 0.15) is 16.1 Å². The van der Waals surface area contributed by atoms with Gasteiger partial charge in [0.2, 0.25) is 12.4 Å². The smallest absolute Gasteiger partial charge is 0.414 e. The van der Waals surface area contributed by atoms with Crippen LogP contribution in [0.25, 0.3) is 0 Å². The molecule has 0 spiro atoms. The largest absolute Gasteiger partial charge is 0.493 e. The summed E-state index contributed by atoms with van der Waals surface area (Å²) in [6, 6.07) is 14.2. The third-order valence-corrected chi connectivity index (χ3v) is 11.0. The van der Waals surface area contributed by atoms with Gasteiger partial charge in [0, 0.05) is 29.0 Å². The number of nitrogens with zero attached hydrogens (tertiary/aromatic N) is 4. The maximum Gasteiger partial charge on any atom is 0.414 e. The Morgan fingerprint density at radius 2 is 1.81 bits per heavy atom. The van der Waals surface area contributed by atoms with Crippen molar-refractivity contribution >= 4 is 41.0 Å². The third-order valence-electron chi connectivity index (χ3n) is 10.3. The summed E-state index contributed by atoms with van der Waals surface area (Å²) in [7, 11) is 1.58.